The summed E-state index contributed by atoms with van der Waals surface area (Å²) >= 11 is 0. The van der Waals surface area contributed by atoms with Crippen LogP contribution in [-0.2, 0) is 65.4 Å². The normalized spacial score (nSPS) is 14.7. The Kier molecular flexibility index (Phi) is 53.9. The standard InChI is InChI=1S/C65H126O17P2/c1-9-58(8)44-36-28-21-24-30-38-46-63(68)76-52-61(82-65(70)48-40-32-23-20-27-35-43-57(6)7)54-80-84(73,74)78-50-59(66)49-77-83(71,72)79-53-60(51-75-62(67)45-37-29-22-19-26-34-42-56(4)5)81-64(69)47-39-31-18-16-14-12-10-11-13-15-17-25-33-41-55(2)3/h55-61,66H,9-54H2,1-8H3,(H,71,72)(H,73,74)/t58?,59-,60+,61+/m0/s1. The number of hydrogen-bond acceptors (Lipinski definition) is 15. The molecule has 0 aliphatic rings. The van der Waals surface area contributed by atoms with Gasteiger partial charge in [-0.1, -0.05) is 261 Å². The Labute approximate surface area is 511 Å². The minimum absolute atomic E-state index is 0.100. The molecule has 0 saturated heterocycles. The highest BCUT2D eigenvalue weighted by Crippen LogP contribution is 2.45. The van der Waals surface area contributed by atoms with E-state index in [4.69, 9.17) is 37.0 Å². The third kappa shape index (κ3) is 57.8. The highest BCUT2D eigenvalue weighted by molar-refractivity contribution is 7.47. The van der Waals surface area contributed by atoms with Gasteiger partial charge in [0.2, 0.25) is 0 Å². The van der Waals surface area contributed by atoms with Crippen LogP contribution in [0.4, 0.5) is 0 Å². The van der Waals surface area contributed by atoms with E-state index in [0.717, 1.165) is 115 Å². The number of esters is 4. The zero-order chi connectivity index (χ0) is 62.5. The molecule has 3 N–H and O–H groups in total. The Hall–Kier alpha value is -1.94. The number of carbonyl (C=O) groups is 4. The van der Waals surface area contributed by atoms with Gasteiger partial charge < -0.3 is 33.8 Å². The van der Waals surface area contributed by atoms with Crippen molar-refractivity contribution >= 4 is 39.5 Å². The van der Waals surface area contributed by atoms with Gasteiger partial charge in [0, 0.05) is 25.7 Å². The Morgan fingerprint density at radius 1 is 0.333 bits per heavy atom. The van der Waals surface area contributed by atoms with Crippen LogP contribution in [0.1, 0.15) is 312 Å². The molecule has 0 bridgehead atoms. The number of ether oxygens (including phenoxy) is 4. The van der Waals surface area contributed by atoms with Crippen molar-refractivity contribution < 1.29 is 80.2 Å². The van der Waals surface area contributed by atoms with Crippen LogP contribution in [0.25, 0.3) is 0 Å². The van der Waals surface area contributed by atoms with E-state index in [-0.39, 0.29) is 25.7 Å². The first kappa shape index (κ1) is 82.1. The molecule has 6 atom stereocenters. The number of rotatable bonds is 62. The first-order chi connectivity index (χ1) is 40.1. The van der Waals surface area contributed by atoms with Gasteiger partial charge in [0.25, 0.3) is 0 Å². The molecule has 0 aromatic carbocycles. The summed E-state index contributed by atoms with van der Waals surface area (Å²) in [6, 6.07) is 0. The predicted octanol–water partition coefficient (Wildman–Crippen LogP) is 17.8. The van der Waals surface area contributed by atoms with Gasteiger partial charge in [-0.25, -0.2) is 9.13 Å². The molecular formula is C65H126O17P2. The molecule has 0 aliphatic heterocycles. The molecule has 0 heterocycles. The number of phosphoric acid groups is 2. The molecule has 0 saturated carbocycles. The topological polar surface area (TPSA) is 237 Å². The maximum Gasteiger partial charge on any atom is 0.472 e. The molecule has 84 heavy (non-hydrogen) atoms. The van der Waals surface area contributed by atoms with E-state index in [1.807, 2.05) is 0 Å². The largest absolute Gasteiger partial charge is 0.472 e. The van der Waals surface area contributed by atoms with Crippen molar-refractivity contribution in [2.45, 2.75) is 331 Å². The van der Waals surface area contributed by atoms with Crippen molar-refractivity contribution in [2.75, 3.05) is 39.6 Å². The van der Waals surface area contributed by atoms with E-state index < -0.39 is 97.5 Å². The van der Waals surface area contributed by atoms with Crippen LogP contribution in [0.5, 0.6) is 0 Å². The van der Waals surface area contributed by atoms with Crippen LogP contribution < -0.4 is 0 Å². The van der Waals surface area contributed by atoms with Gasteiger partial charge >= 0.3 is 39.5 Å². The van der Waals surface area contributed by atoms with Gasteiger partial charge in [-0.3, -0.25) is 37.3 Å². The van der Waals surface area contributed by atoms with E-state index in [1.165, 1.54) is 103 Å². The van der Waals surface area contributed by atoms with Gasteiger partial charge in [0.1, 0.15) is 19.3 Å². The maximum absolute atomic E-state index is 13.0. The molecule has 3 unspecified atom stereocenters. The third-order valence-electron chi connectivity index (χ3n) is 15.2. The molecular weight excluding hydrogens is 1110 g/mol. The smallest absolute Gasteiger partial charge is 0.462 e. The number of hydrogen-bond donors (Lipinski definition) is 3. The van der Waals surface area contributed by atoms with E-state index in [9.17, 15) is 43.2 Å². The van der Waals surface area contributed by atoms with Gasteiger partial charge in [0.05, 0.1) is 26.4 Å². The third-order valence-corrected chi connectivity index (χ3v) is 17.1. The Morgan fingerprint density at radius 3 is 0.845 bits per heavy atom. The van der Waals surface area contributed by atoms with Crippen molar-refractivity contribution in [2.24, 2.45) is 23.7 Å². The molecule has 17 nitrogen and oxygen atoms in total. The second-order valence-corrected chi connectivity index (χ2v) is 28.1. The van der Waals surface area contributed by atoms with Crippen LogP contribution in [-0.4, -0.2) is 96.7 Å². The maximum atomic E-state index is 13.0. The molecule has 0 fully saturated rings. The van der Waals surface area contributed by atoms with Gasteiger partial charge in [-0.15, -0.1) is 0 Å². The summed E-state index contributed by atoms with van der Waals surface area (Å²) in [7, 11) is -9.89. The summed E-state index contributed by atoms with van der Waals surface area (Å²) in [5.41, 5.74) is 0. The number of carbonyl (C=O) groups excluding carboxylic acids is 4. The number of aliphatic hydroxyl groups is 1. The second-order valence-electron chi connectivity index (χ2n) is 25.2. The molecule has 0 radical (unpaired) electrons. The van der Waals surface area contributed by atoms with Gasteiger partial charge in [-0.05, 0) is 49.4 Å². The minimum atomic E-state index is -4.95. The lowest BCUT2D eigenvalue weighted by molar-refractivity contribution is -0.161. The first-order valence-corrected chi connectivity index (χ1v) is 36.7. The summed E-state index contributed by atoms with van der Waals surface area (Å²) < 4.78 is 68.0. The average molecular weight is 1240 g/mol. The second kappa shape index (κ2) is 55.2. The Balaban J connectivity index is 5.21. The van der Waals surface area contributed by atoms with Crippen molar-refractivity contribution in [1.29, 1.82) is 0 Å². The van der Waals surface area contributed by atoms with E-state index in [2.05, 4.69) is 55.4 Å². The monoisotopic (exact) mass is 1240 g/mol. The quantitative estimate of drug-likeness (QED) is 0.0222. The lowest BCUT2D eigenvalue weighted by atomic mass is 10.00. The number of unbranched alkanes of at least 4 members (excludes halogenated alkanes) is 27. The fraction of sp³-hybridized carbons (Fsp3) is 0.938. The fourth-order valence-corrected chi connectivity index (χ4v) is 11.2. The van der Waals surface area contributed by atoms with Crippen molar-refractivity contribution in [1.82, 2.24) is 0 Å². The molecule has 0 aromatic rings. The van der Waals surface area contributed by atoms with Gasteiger partial charge in [-0.2, -0.15) is 0 Å². The minimum Gasteiger partial charge on any atom is -0.462 e. The fourth-order valence-electron chi connectivity index (χ4n) is 9.57. The highest BCUT2D eigenvalue weighted by atomic mass is 31.2. The zero-order valence-corrected chi connectivity index (χ0v) is 56.3. The Morgan fingerprint density at radius 2 is 0.571 bits per heavy atom. The van der Waals surface area contributed by atoms with Crippen molar-refractivity contribution in [3.8, 4) is 0 Å². The molecule has 0 aliphatic carbocycles. The van der Waals surface area contributed by atoms with E-state index >= 15 is 0 Å². The first-order valence-electron chi connectivity index (χ1n) is 33.7. The molecule has 0 amide bonds. The molecule has 0 aromatic heterocycles. The van der Waals surface area contributed by atoms with Crippen LogP contribution in [0.15, 0.2) is 0 Å². The van der Waals surface area contributed by atoms with Crippen LogP contribution in [0.2, 0.25) is 0 Å². The lowest BCUT2D eigenvalue weighted by Crippen LogP contribution is -2.30. The molecule has 0 spiro atoms. The van der Waals surface area contributed by atoms with E-state index in [1.54, 1.807) is 0 Å². The van der Waals surface area contributed by atoms with Gasteiger partial charge in [0.15, 0.2) is 12.2 Å². The molecule has 0 rings (SSSR count). The van der Waals surface area contributed by atoms with Crippen molar-refractivity contribution in [3.05, 3.63) is 0 Å². The van der Waals surface area contributed by atoms with E-state index in [0.29, 0.717) is 37.5 Å². The average Bonchev–Trinajstić information content (AvgIpc) is 3.48. The van der Waals surface area contributed by atoms with Crippen LogP contribution in [0.3, 0.4) is 0 Å². The summed E-state index contributed by atoms with van der Waals surface area (Å²) in [6.07, 6.45) is 35.2. The summed E-state index contributed by atoms with van der Waals surface area (Å²) in [5, 5.41) is 10.5. The van der Waals surface area contributed by atoms with Crippen LogP contribution >= 0.6 is 15.6 Å². The van der Waals surface area contributed by atoms with Crippen LogP contribution in [0, 0.1) is 23.7 Å². The molecule has 498 valence electrons. The predicted molar refractivity (Wildman–Crippen MR) is 335 cm³/mol. The summed E-state index contributed by atoms with van der Waals surface area (Å²) in [5.74, 6) is 0.723. The molecule has 19 heteroatoms. The SMILES string of the molecule is CCC(C)CCCCCCCCC(=O)OC[C@H](COP(=O)(O)OC[C@@H](O)COP(=O)(O)OC[C@@H](COC(=O)CCCCCCCCC(C)C)OC(=O)CCCCCCCCCCCCCCCC(C)C)OC(=O)CCCCCCCCC(C)C. The number of aliphatic hydroxyl groups excluding tert-OH is 1. The summed E-state index contributed by atoms with van der Waals surface area (Å²) in [4.78, 5) is 72.2. The summed E-state index contributed by atoms with van der Waals surface area (Å²) in [6.45, 7) is 13.9. The lowest BCUT2D eigenvalue weighted by Gasteiger charge is -2.21. The Bertz CT molecular complexity index is 1680. The van der Waals surface area contributed by atoms with Crippen molar-refractivity contribution in [3.63, 3.8) is 0 Å². The zero-order valence-electron chi connectivity index (χ0n) is 54.5. The highest BCUT2D eigenvalue weighted by Gasteiger charge is 2.30. The number of phosphoric ester groups is 2.